The summed E-state index contributed by atoms with van der Waals surface area (Å²) in [5.74, 6) is 1.32. The van der Waals surface area contributed by atoms with Crippen LogP contribution in [-0.2, 0) is 4.79 Å². The number of likely N-dealkylation sites (tertiary alicyclic amines) is 1. The molecule has 1 heterocycles. The zero-order chi connectivity index (χ0) is 15.9. The second-order valence-corrected chi connectivity index (χ2v) is 7.11. The first-order valence-corrected chi connectivity index (χ1v) is 8.57. The summed E-state index contributed by atoms with van der Waals surface area (Å²) in [6, 6.07) is 10.5. The van der Waals surface area contributed by atoms with E-state index in [0.29, 0.717) is 18.3 Å². The van der Waals surface area contributed by atoms with Crippen molar-refractivity contribution >= 4 is 5.91 Å². The van der Waals surface area contributed by atoms with E-state index in [2.05, 4.69) is 43.2 Å². The molecule has 1 fully saturated rings. The Balaban J connectivity index is 1.90. The van der Waals surface area contributed by atoms with Gasteiger partial charge in [-0.1, -0.05) is 44.2 Å². The van der Waals surface area contributed by atoms with E-state index < -0.39 is 0 Å². The van der Waals surface area contributed by atoms with Crippen LogP contribution in [0.5, 0.6) is 0 Å². The van der Waals surface area contributed by atoms with Crippen LogP contribution in [0.25, 0.3) is 0 Å². The molecule has 0 aromatic heterocycles. The molecule has 1 aliphatic rings. The minimum atomic E-state index is 0.139. The van der Waals surface area contributed by atoms with E-state index in [1.165, 1.54) is 5.56 Å². The Morgan fingerprint density at radius 1 is 1.23 bits per heavy atom. The number of carbonyl (C=O) groups excluding carboxylic acids is 1. The predicted octanol–water partition coefficient (Wildman–Crippen LogP) is 3.62. The van der Waals surface area contributed by atoms with Crippen molar-refractivity contribution in [3.63, 3.8) is 0 Å². The van der Waals surface area contributed by atoms with Crippen LogP contribution in [0, 0.1) is 11.8 Å². The third-order valence-corrected chi connectivity index (χ3v) is 4.56. The zero-order valence-electron chi connectivity index (χ0n) is 14.2. The maximum Gasteiger partial charge on any atom is 0.220 e. The van der Waals surface area contributed by atoms with Crippen molar-refractivity contribution in [3.8, 4) is 0 Å². The number of benzene rings is 1. The van der Waals surface area contributed by atoms with Gasteiger partial charge in [-0.2, -0.15) is 0 Å². The van der Waals surface area contributed by atoms with Gasteiger partial charge >= 0.3 is 0 Å². The molecular formula is C19H30N2O. The average Bonchev–Trinajstić information content (AvgIpc) is 2.49. The largest absolute Gasteiger partial charge is 0.349 e. The highest BCUT2D eigenvalue weighted by Gasteiger charge is 2.22. The smallest absolute Gasteiger partial charge is 0.220 e. The summed E-state index contributed by atoms with van der Waals surface area (Å²) in [5.41, 5.74) is 1.22. The van der Waals surface area contributed by atoms with Gasteiger partial charge in [0.05, 0.1) is 6.04 Å². The lowest BCUT2D eigenvalue weighted by Crippen LogP contribution is -2.35. The Labute approximate surface area is 135 Å². The maximum absolute atomic E-state index is 12.4. The molecule has 1 aromatic carbocycles. The Bertz CT molecular complexity index is 450. The molecule has 0 bridgehead atoms. The highest BCUT2D eigenvalue weighted by atomic mass is 16.1. The Morgan fingerprint density at radius 2 is 1.86 bits per heavy atom. The van der Waals surface area contributed by atoms with Crippen LogP contribution in [0.2, 0.25) is 0 Å². The molecule has 1 unspecified atom stereocenters. The molecule has 0 saturated carbocycles. The van der Waals surface area contributed by atoms with Crippen molar-refractivity contribution in [1.82, 2.24) is 10.2 Å². The number of nitrogens with zero attached hydrogens (tertiary/aromatic N) is 1. The predicted molar refractivity (Wildman–Crippen MR) is 91.6 cm³/mol. The monoisotopic (exact) mass is 302 g/mol. The van der Waals surface area contributed by atoms with Gasteiger partial charge in [0, 0.05) is 6.42 Å². The highest BCUT2D eigenvalue weighted by molar-refractivity contribution is 5.76. The number of rotatable bonds is 6. The lowest BCUT2D eigenvalue weighted by atomic mass is 9.92. The average molecular weight is 302 g/mol. The molecule has 3 nitrogen and oxygen atoms in total. The van der Waals surface area contributed by atoms with Crippen molar-refractivity contribution in [2.24, 2.45) is 11.8 Å². The lowest BCUT2D eigenvalue weighted by Gasteiger charge is -2.29. The van der Waals surface area contributed by atoms with E-state index in [1.807, 2.05) is 18.2 Å². The van der Waals surface area contributed by atoms with Crippen molar-refractivity contribution < 1.29 is 4.79 Å². The van der Waals surface area contributed by atoms with Gasteiger partial charge < -0.3 is 10.2 Å². The summed E-state index contributed by atoms with van der Waals surface area (Å²) in [6.45, 7) is 6.65. The number of hydrogen-bond donors (Lipinski definition) is 1. The number of nitrogens with one attached hydrogen (secondary N) is 1. The first kappa shape index (κ1) is 17.0. The number of piperidine rings is 1. The van der Waals surface area contributed by atoms with Crippen molar-refractivity contribution in [2.45, 2.75) is 45.6 Å². The van der Waals surface area contributed by atoms with E-state index in [4.69, 9.17) is 0 Å². The van der Waals surface area contributed by atoms with Crippen LogP contribution in [0.3, 0.4) is 0 Å². The van der Waals surface area contributed by atoms with E-state index in [-0.39, 0.29) is 11.9 Å². The van der Waals surface area contributed by atoms with Crippen LogP contribution in [0.4, 0.5) is 0 Å². The Morgan fingerprint density at radius 3 is 2.45 bits per heavy atom. The fourth-order valence-electron chi connectivity index (χ4n) is 3.22. The van der Waals surface area contributed by atoms with Crippen LogP contribution >= 0.6 is 0 Å². The number of carbonyl (C=O) groups is 1. The fraction of sp³-hybridized carbons (Fsp3) is 0.632. The Hall–Kier alpha value is -1.35. The van der Waals surface area contributed by atoms with Gasteiger partial charge in [-0.25, -0.2) is 0 Å². The molecular weight excluding hydrogens is 272 g/mol. The molecule has 0 spiro atoms. The second-order valence-electron chi connectivity index (χ2n) is 7.11. The van der Waals surface area contributed by atoms with Gasteiger partial charge in [0.2, 0.25) is 5.91 Å². The molecule has 1 saturated heterocycles. The van der Waals surface area contributed by atoms with Gasteiger partial charge in [-0.3, -0.25) is 4.79 Å². The molecule has 0 radical (unpaired) electrons. The molecule has 22 heavy (non-hydrogen) atoms. The van der Waals surface area contributed by atoms with Gasteiger partial charge in [0.1, 0.15) is 0 Å². The van der Waals surface area contributed by atoms with Crippen LogP contribution < -0.4 is 5.32 Å². The molecule has 1 amide bonds. The third-order valence-electron chi connectivity index (χ3n) is 4.56. The summed E-state index contributed by atoms with van der Waals surface area (Å²) in [7, 11) is 2.16. The molecule has 1 aliphatic heterocycles. The van der Waals surface area contributed by atoms with Gasteiger partial charge in [-0.15, -0.1) is 0 Å². The molecule has 1 aromatic rings. The minimum absolute atomic E-state index is 0.139. The second kappa shape index (κ2) is 8.33. The minimum Gasteiger partial charge on any atom is -0.349 e. The molecule has 0 aliphatic carbocycles. The van der Waals surface area contributed by atoms with Gasteiger partial charge in [0.15, 0.2) is 0 Å². The van der Waals surface area contributed by atoms with Crippen LogP contribution in [-0.4, -0.2) is 30.9 Å². The van der Waals surface area contributed by atoms with E-state index >= 15 is 0 Å². The summed E-state index contributed by atoms with van der Waals surface area (Å²) in [5, 5.41) is 3.27. The maximum atomic E-state index is 12.4. The normalized spacial score (nSPS) is 18.4. The van der Waals surface area contributed by atoms with Gasteiger partial charge in [-0.05, 0) is 56.8 Å². The summed E-state index contributed by atoms with van der Waals surface area (Å²) in [6.07, 6.45) is 3.95. The number of hydrogen-bond acceptors (Lipinski definition) is 2. The summed E-state index contributed by atoms with van der Waals surface area (Å²) in [4.78, 5) is 14.8. The SMILES string of the molecule is CC(C)CC(NC(=O)CC1CCN(C)CC1)c1ccccc1. The Kier molecular flexibility index (Phi) is 6.44. The van der Waals surface area contributed by atoms with E-state index in [1.54, 1.807) is 0 Å². The topological polar surface area (TPSA) is 32.3 Å². The van der Waals surface area contributed by atoms with E-state index in [0.717, 1.165) is 32.4 Å². The first-order valence-electron chi connectivity index (χ1n) is 8.57. The van der Waals surface area contributed by atoms with E-state index in [9.17, 15) is 4.79 Å². The standard InChI is InChI=1S/C19H30N2O/c1-15(2)13-18(17-7-5-4-6-8-17)20-19(22)14-16-9-11-21(3)12-10-16/h4-8,15-16,18H,9-14H2,1-3H3,(H,20,22). The molecule has 3 heteroatoms. The molecule has 2 rings (SSSR count). The van der Waals surface area contributed by atoms with Crippen molar-refractivity contribution in [1.29, 1.82) is 0 Å². The quantitative estimate of drug-likeness (QED) is 0.870. The molecule has 1 N–H and O–H groups in total. The lowest BCUT2D eigenvalue weighted by molar-refractivity contribution is -0.123. The van der Waals surface area contributed by atoms with Crippen LogP contribution in [0.1, 0.15) is 51.1 Å². The summed E-state index contributed by atoms with van der Waals surface area (Å²) >= 11 is 0. The van der Waals surface area contributed by atoms with Crippen molar-refractivity contribution in [3.05, 3.63) is 35.9 Å². The third kappa shape index (κ3) is 5.45. The first-order chi connectivity index (χ1) is 10.5. The zero-order valence-corrected chi connectivity index (χ0v) is 14.2. The number of amides is 1. The van der Waals surface area contributed by atoms with Crippen molar-refractivity contribution in [2.75, 3.05) is 20.1 Å². The van der Waals surface area contributed by atoms with Crippen LogP contribution in [0.15, 0.2) is 30.3 Å². The molecule has 122 valence electrons. The fourth-order valence-corrected chi connectivity index (χ4v) is 3.22. The highest BCUT2D eigenvalue weighted by Crippen LogP contribution is 2.23. The summed E-state index contributed by atoms with van der Waals surface area (Å²) < 4.78 is 0. The van der Waals surface area contributed by atoms with Gasteiger partial charge in [0.25, 0.3) is 0 Å². The molecule has 1 atom stereocenters.